The van der Waals surface area contributed by atoms with Crippen LogP contribution in [-0.2, 0) is 15.1 Å². The summed E-state index contributed by atoms with van der Waals surface area (Å²) in [4.78, 5) is 27.4. The van der Waals surface area contributed by atoms with Gasteiger partial charge >= 0.3 is 0 Å². The van der Waals surface area contributed by atoms with E-state index in [2.05, 4.69) is 10.4 Å². The van der Waals surface area contributed by atoms with E-state index < -0.39 is 11.8 Å². The van der Waals surface area contributed by atoms with Crippen molar-refractivity contribution in [1.82, 2.24) is 15.1 Å². The number of anilines is 1. The van der Waals surface area contributed by atoms with Crippen molar-refractivity contribution in [3.63, 3.8) is 0 Å². The monoisotopic (exact) mass is 474 g/mol. The van der Waals surface area contributed by atoms with Crippen molar-refractivity contribution in [2.75, 3.05) is 4.90 Å². The number of carbonyl (C=O) groups excluding carboxylic acids is 2. The molecule has 1 fully saturated rings. The zero-order valence-corrected chi connectivity index (χ0v) is 20.6. The van der Waals surface area contributed by atoms with Crippen LogP contribution in [0.1, 0.15) is 37.7 Å². The summed E-state index contributed by atoms with van der Waals surface area (Å²) in [6, 6.07) is 16.4. The van der Waals surface area contributed by atoms with Gasteiger partial charge in [-0.25, -0.2) is 0 Å². The molecule has 8 heteroatoms. The van der Waals surface area contributed by atoms with Crippen molar-refractivity contribution in [3.05, 3.63) is 77.1 Å². The van der Waals surface area contributed by atoms with E-state index in [1.165, 1.54) is 4.90 Å². The Morgan fingerprint density at radius 3 is 2.18 bits per heavy atom. The maximum absolute atomic E-state index is 13.4. The summed E-state index contributed by atoms with van der Waals surface area (Å²) in [5, 5.41) is 7.27. The van der Waals surface area contributed by atoms with E-state index in [0.717, 1.165) is 17.0 Å². The number of rotatable bonds is 4. The Morgan fingerprint density at radius 2 is 1.59 bits per heavy atom. The van der Waals surface area contributed by atoms with E-state index >= 15 is 0 Å². The molecular formula is C26H26N4O3S. The first-order valence-corrected chi connectivity index (χ1v) is 11.3. The lowest BCUT2D eigenvalue weighted by molar-refractivity contribution is -0.122. The van der Waals surface area contributed by atoms with Gasteiger partial charge in [-0.05, 0) is 89.3 Å². The number of ether oxygens (including phenoxy) is 1. The van der Waals surface area contributed by atoms with Crippen LogP contribution >= 0.6 is 12.2 Å². The largest absolute Gasteiger partial charge is 0.457 e. The van der Waals surface area contributed by atoms with Gasteiger partial charge in [-0.3, -0.25) is 24.5 Å². The molecule has 174 valence electrons. The zero-order valence-electron chi connectivity index (χ0n) is 19.7. The molecule has 1 aromatic heterocycles. The summed E-state index contributed by atoms with van der Waals surface area (Å²) in [7, 11) is 0. The van der Waals surface area contributed by atoms with Gasteiger partial charge in [0.15, 0.2) is 5.11 Å². The van der Waals surface area contributed by atoms with E-state index in [4.69, 9.17) is 17.0 Å². The second-order valence-electron chi connectivity index (χ2n) is 9.03. The number of thiocarbonyl (C=S) groups is 1. The first kappa shape index (κ1) is 23.4. The predicted molar refractivity (Wildman–Crippen MR) is 136 cm³/mol. The summed E-state index contributed by atoms with van der Waals surface area (Å²) >= 11 is 5.32. The molecule has 3 aromatic rings. The Labute approximate surface area is 204 Å². The fourth-order valence-electron chi connectivity index (χ4n) is 3.84. The first-order valence-electron chi connectivity index (χ1n) is 10.9. The van der Waals surface area contributed by atoms with Crippen LogP contribution in [0.3, 0.4) is 0 Å². The molecule has 0 saturated carbocycles. The van der Waals surface area contributed by atoms with Crippen LogP contribution in [0.25, 0.3) is 6.08 Å². The third-order valence-corrected chi connectivity index (χ3v) is 5.73. The minimum atomic E-state index is -0.530. The molecule has 0 atom stereocenters. The number of nitrogens with one attached hydrogen (secondary N) is 1. The van der Waals surface area contributed by atoms with Gasteiger partial charge in [0.2, 0.25) is 0 Å². The highest BCUT2D eigenvalue weighted by molar-refractivity contribution is 7.80. The van der Waals surface area contributed by atoms with Gasteiger partial charge in [0.1, 0.15) is 17.1 Å². The first-order chi connectivity index (χ1) is 16.1. The minimum absolute atomic E-state index is 0.00197. The summed E-state index contributed by atoms with van der Waals surface area (Å²) < 4.78 is 7.72. The number of hydrogen-bond acceptors (Lipinski definition) is 5. The molecule has 4 rings (SSSR count). The third-order valence-electron chi connectivity index (χ3n) is 5.45. The zero-order chi connectivity index (χ0) is 24.6. The maximum Gasteiger partial charge on any atom is 0.270 e. The van der Waals surface area contributed by atoms with Crippen LogP contribution in [0.5, 0.6) is 11.5 Å². The molecule has 0 aliphatic carbocycles. The van der Waals surface area contributed by atoms with E-state index in [1.807, 2.05) is 69.6 Å². The van der Waals surface area contributed by atoms with Gasteiger partial charge in [-0.1, -0.05) is 18.2 Å². The molecule has 2 amide bonds. The van der Waals surface area contributed by atoms with E-state index in [1.54, 1.807) is 30.3 Å². The molecule has 2 aromatic carbocycles. The molecule has 34 heavy (non-hydrogen) atoms. The topological polar surface area (TPSA) is 76.5 Å². The normalized spacial score (nSPS) is 15.6. The SMILES string of the molecule is Cc1nn(C(C)(C)C)c(C)c1/C=C1/C(=O)NC(=S)N(c2ccc(Oc3ccccc3)cc2)C1=O. The summed E-state index contributed by atoms with van der Waals surface area (Å²) in [5.41, 5.74) is 2.65. The van der Waals surface area contributed by atoms with Crippen molar-refractivity contribution in [3.8, 4) is 11.5 Å². The van der Waals surface area contributed by atoms with Gasteiger partial charge in [0.05, 0.1) is 16.9 Å². The predicted octanol–water partition coefficient (Wildman–Crippen LogP) is 4.88. The van der Waals surface area contributed by atoms with E-state index in [9.17, 15) is 9.59 Å². The van der Waals surface area contributed by atoms with Crippen LogP contribution in [0, 0.1) is 13.8 Å². The smallest absolute Gasteiger partial charge is 0.270 e. The van der Waals surface area contributed by atoms with Gasteiger partial charge < -0.3 is 4.74 Å². The summed E-state index contributed by atoms with van der Waals surface area (Å²) in [6.45, 7) is 9.94. The van der Waals surface area contributed by atoms with Crippen molar-refractivity contribution < 1.29 is 14.3 Å². The molecule has 1 aliphatic heterocycles. The Kier molecular flexibility index (Phi) is 6.10. The Balaban J connectivity index is 1.65. The molecule has 0 bridgehead atoms. The average Bonchev–Trinajstić information content (AvgIpc) is 3.06. The van der Waals surface area contributed by atoms with Gasteiger partial charge in [0.25, 0.3) is 11.8 Å². The van der Waals surface area contributed by atoms with Crippen molar-refractivity contribution in [2.24, 2.45) is 0 Å². The lowest BCUT2D eigenvalue weighted by Gasteiger charge is -2.29. The second kappa shape index (κ2) is 8.87. The molecule has 0 spiro atoms. The quantitative estimate of drug-likeness (QED) is 0.331. The third kappa shape index (κ3) is 4.49. The molecule has 0 unspecified atom stereocenters. The fraction of sp³-hybridized carbons (Fsp3) is 0.231. The summed E-state index contributed by atoms with van der Waals surface area (Å²) in [5.74, 6) is 0.301. The van der Waals surface area contributed by atoms with Crippen LogP contribution in [-0.4, -0.2) is 26.7 Å². The van der Waals surface area contributed by atoms with Crippen LogP contribution in [0.15, 0.2) is 60.2 Å². The van der Waals surface area contributed by atoms with Crippen molar-refractivity contribution >= 4 is 40.9 Å². The van der Waals surface area contributed by atoms with Crippen LogP contribution < -0.4 is 15.0 Å². The number of hydrogen-bond donors (Lipinski definition) is 1. The molecular weight excluding hydrogens is 448 g/mol. The minimum Gasteiger partial charge on any atom is -0.457 e. The molecule has 1 N–H and O–H groups in total. The number of carbonyl (C=O) groups is 2. The molecule has 1 aliphatic rings. The molecule has 0 radical (unpaired) electrons. The van der Waals surface area contributed by atoms with Gasteiger partial charge in [-0.2, -0.15) is 5.10 Å². The summed E-state index contributed by atoms with van der Waals surface area (Å²) in [6.07, 6.45) is 1.60. The standard InChI is InChI=1S/C26H26N4O3S/c1-16-21(17(2)30(28-16)26(3,4)5)15-22-23(31)27-25(34)29(24(22)32)18-11-13-20(14-12-18)33-19-9-7-6-8-10-19/h6-15H,1-5H3,(H,27,31,34)/b22-15-. The number of para-hydroxylation sites is 1. The van der Waals surface area contributed by atoms with Gasteiger partial charge in [-0.15, -0.1) is 0 Å². The van der Waals surface area contributed by atoms with Crippen molar-refractivity contribution in [1.29, 1.82) is 0 Å². The molecule has 7 nitrogen and oxygen atoms in total. The average molecular weight is 475 g/mol. The second-order valence-corrected chi connectivity index (χ2v) is 9.42. The lowest BCUT2D eigenvalue weighted by atomic mass is 10.0. The fourth-order valence-corrected chi connectivity index (χ4v) is 4.12. The van der Waals surface area contributed by atoms with Crippen molar-refractivity contribution in [2.45, 2.75) is 40.2 Å². The number of amides is 2. The number of aromatic nitrogens is 2. The van der Waals surface area contributed by atoms with Crippen LogP contribution in [0.2, 0.25) is 0 Å². The van der Waals surface area contributed by atoms with Gasteiger partial charge in [0, 0.05) is 11.3 Å². The highest BCUT2D eigenvalue weighted by Gasteiger charge is 2.35. The van der Waals surface area contributed by atoms with Crippen LogP contribution in [0.4, 0.5) is 5.69 Å². The highest BCUT2D eigenvalue weighted by Crippen LogP contribution is 2.28. The highest BCUT2D eigenvalue weighted by atomic mass is 32.1. The maximum atomic E-state index is 13.4. The number of benzene rings is 2. The lowest BCUT2D eigenvalue weighted by Crippen LogP contribution is -2.54. The Morgan fingerprint density at radius 1 is 0.971 bits per heavy atom. The molecule has 1 saturated heterocycles. The van der Waals surface area contributed by atoms with E-state index in [0.29, 0.717) is 17.2 Å². The molecule has 2 heterocycles. The number of aryl methyl sites for hydroxylation is 1. The Hall–Kier alpha value is -3.78. The van der Waals surface area contributed by atoms with E-state index in [-0.39, 0.29) is 16.2 Å². The number of nitrogens with zero attached hydrogens (tertiary/aromatic N) is 3. The Bertz CT molecular complexity index is 1300.